The van der Waals surface area contributed by atoms with Crippen molar-refractivity contribution in [3.05, 3.63) is 59.2 Å². The maximum Gasteiger partial charge on any atom is 0.335 e. The Morgan fingerprint density at radius 3 is 2.81 bits per heavy atom. The summed E-state index contributed by atoms with van der Waals surface area (Å²) in [7, 11) is 1.70. The standard InChI is InChI=1S/C22H23NO3/c1-26-16-4-2-3-14(10-16)21-20-13-6-5-12(9-13)19(20)17-11-15(22(24)25)7-8-18(17)23-21/h2-4,7-8,10-13,19-21,23H,5-6,9H2,1H3,(H,24,25)/t12-,13+,19-,20+,21-/m1/s1. The predicted octanol–water partition coefficient (Wildman–Crippen LogP) is 4.69. The summed E-state index contributed by atoms with van der Waals surface area (Å²) in [4.78, 5) is 11.5. The van der Waals surface area contributed by atoms with Crippen LogP contribution in [0.25, 0.3) is 0 Å². The summed E-state index contributed by atoms with van der Waals surface area (Å²) >= 11 is 0. The Kier molecular flexibility index (Phi) is 3.49. The van der Waals surface area contributed by atoms with E-state index in [4.69, 9.17) is 4.74 Å². The number of carboxylic acids is 1. The zero-order chi connectivity index (χ0) is 17.8. The van der Waals surface area contributed by atoms with E-state index in [1.54, 1.807) is 13.2 Å². The van der Waals surface area contributed by atoms with Crippen LogP contribution >= 0.6 is 0 Å². The summed E-state index contributed by atoms with van der Waals surface area (Å²) < 4.78 is 5.44. The van der Waals surface area contributed by atoms with E-state index >= 15 is 0 Å². The Hall–Kier alpha value is -2.49. The Bertz CT molecular complexity index is 877. The first-order valence-electron chi connectivity index (χ1n) is 9.43. The molecule has 1 aliphatic heterocycles. The van der Waals surface area contributed by atoms with Gasteiger partial charge in [0.25, 0.3) is 0 Å². The van der Waals surface area contributed by atoms with E-state index in [2.05, 4.69) is 23.5 Å². The lowest BCUT2D eigenvalue weighted by Gasteiger charge is -2.43. The van der Waals surface area contributed by atoms with E-state index in [-0.39, 0.29) is 6.04 Å². The normalized spacial score (nSPS) is 31.0. The number of benzene rings is 2. The van der Waals surface area contributed by atoms with Gasteiger partial charge in [0, 0.05) is 5.69 Å². The predicted molar refractivity (Wildman–Crippen MR) is 99.8 cm³/mol. The van der Waals surface area contributed by atoms with Crippen molar-refractivity contribution in [1.82, 2.24) is 0 Å². The number of fused-ring (bicyclic) bond motifs is 7. The van der Waals surface area contributed by atoms with Crippen molar-refractivity contribution in [2.24, 2.45) is 17.8 Å². The first kappa shape index (κ1) is 15.7. The first-order chi connectivity index (χ1) is 12.7. The summed E-state index contributed by atoms with van der Waals surface area (Å²) in [6, 6.07) is 14.2. The maximum atomic E-state index is 11.5. The van der Waals surface area contributed by atoms with Gasteiger partial charge in [-0.2, -0.15) is 0 Å². The van der Waals surface area contributed by atoms with E-state index < -0.39 is 5.97 Å². The van der Waals surface area contributed by atoms with Crippen LogP contribution in [0.3, 0.4) is 0 Å². The molecule has 0 saturated heterocycles. The molecule has 2 aromatic rings. The van der Waals surface area contributed by atoms with E-state index in [9.17, 15) is 9.90 Å². The molecule has 2 bridgehead atoms. The minimum atomic E-state index is -0.845. The Morgan fingerprint density at radius 1 is 1.15 bits per heavy atom. The van der Waals surface area contributed by atoms with Gasteiger partial charge in [-0.05, 0) is 84.4 Å². The van der Waals surface area contributed by atoms with Crippen molar-refractivity contribution in [2.75, 3.05) is 12.4 Å². The van der Waals surface area contributed by atoms with Crippen LogP contribution in [0.15, 0.2) is 42.5 Å². The zero-order valence-electron chi connectivity index (χ0n) is 14.8. The molecule has 0 spiro atoms. The Morgan fingerprint density at radius 2 is 2.00 bits per heavy atom. The average Bonchev–Trinajstić information content (AvgIpc) is 3.29. The van der Waals surface area contributed by atoms with Gasteiger partial charge in [0.2, 0.25) is 0 Å². The van der Waals surface area contributed by atoms with Crippen LogP contribution < -0.4 is 10.1 Å². The lowest BCUT2D eigenvalue weighted by Crippen LogP contribution is -2.35. The molecule has 2 fully saturated rings. The third kappa shape index (κ3) is 2.24. The molecule has 0 amide bonds. The molecule has 134 valence electrons. The number of carbonyl (C=O) groups is 1. The highest BCUT2D eigenvalue weighted by atomic mass is 16.5. The van der Waals surface area contributed by atoms with Gasteiger partial charge in [0.15, 0.2) is 0 Å². The summed E-state index contributed by atoms with van der Waals surface area (Å²) in [5.74, 6) is 2.43. The second-order valence-corrected chi connectivity index (χ2v) is 7.94. The molecule has 2 N–H and O–H groups in total. The number of aromatic carboxylic acids is 1. The second-order valence-electron chi connectivity index (χ2n) is 7.94. The molecule has 1 heterocycles. The van der Waals surface area contributed by atoms with E-state index in [0.29, 0.717) is 23.3 Å². The van der Waals surface area contributed by atoms with Crippen LogP contribution in [-0.2, 0) is 0 Å². The molecule has 4 heteroatoms. The minimum Gasteiger partial charge on any atom is -0.497 e. The lowest BCUT2D eigenvalue weighted by molar-refractivity contribution is 0.0696. The largest absolute Gasteiger partial charge is 0.497 e. The number of rotatable bonds is 3. The summed E-state index contributed by atoms with van der Waals surface area (Å²) in [5.41, 5.74) is 3.96. The molecular formula is C22H23NO3. The molecule has 0 aromatic heterocycles. The second kappa shape index (κ2) is 5.76. The van der Waals surface area contributed by atoms with Crippen LogP contribution in [0.4, 0.5) is 5.69 Å². The highest BCUT2D eigenvalue weighted by Gasteiger charge is 2.53. The first-order valence-corrected chi connectivity index (χ1v) is 9.43. The molecule has 3 aliphatic rings. The fourth-order valence-electron chi connectivity index (χ4n) is 5.78. The van der Waals surface area contributed by atoms with Crippen molar-refractivity contribution < 1.29 is 14.6 Å². The monoisotopic (exact) mass is 349 g/mol. The van der Waals surface area contributed by atoms with Crippen molar-refractivity contribution in [3.63, 3.8) is 0 Å². The van der Waals surface area contributed by atoms with Crippen molar-refractivity contribution in [2.45, 2.75) is 31.2 Å². The van der Waals surface area contributed by atoms with Gasteiger partial charge in [-0.1, -0.05) is 12.1 Å². The Labute approximate surface area is 153 Å². The molecule has 2 aliphatic carbocycles. The Balaban J connectivity index is 1.62. The van der Waals surface area contributed by atoms with E-state index in [1.807, 2.05) is 18.2 Å². The third-order valence-corrected chi connectivity index (χ3v) is 6.79. The number of hydrogen-bond acceptors (Lipinski definition) is 3. The molecule has 5 rings (SSSR count). The van der Waals surface area contributed by atoms with Crippen LogP contribution in [0.5, 0.6) is 5.75 Å². The van der Waals surface area contributed by atoms with Crippen LogP contribution in [0.1, 0.15) is 52.7 Å². The smallest absolute Gasteiger partial charge is 0.335 e. The van der Waals surface area contributed by atoms with Crippen molar-refractivity contribution in [3.8, 4) is 5.75 Å². The molecule has 26 heavy (non-hydrogen) atoms. The average molecular weight is 349 g/mol. The summed E-state index contributed by atoms with van der Waals surface area (Å²) in [6.07, 6.45) is 3.84. The van der Waals surface area contributed by atoms with E-state index in [1.165, 1.54) is 30.4 Å². The summed E-state index contributed by atoms with van der Waals surface area (Å²) in [6.45, 7) is 0. The fraction of sp³-hybridized carbons (Fsp3) is 0.409. The molecule has 5 atom stereocenters. The molecule has 0 radical (unpaired) electrons. The molecule has 0 unspecified atom stereocenters. The van der Waals surface area contributed by atoms with Gasteiger partial charge in [-0.15, -0.1) is 0 Å². The molecule has 2 aromatic carbocycles. The zero-order valence-corrected chi connectivity index (χ0v) is 14.8. The minimum absolute atomic E-state index is 0.258. The van der Waals surface area contributed by atoms with Crippen molar-refractivity contribution in [1.29, 1.82) is 0 Å². The van der Waals surface area contributed by atoms with Crippen molar-refractivity contribution >= 4 is 11.7 Å². The SMILES string of the molecule is COc1cccc([C@H]2Nc3ccc(C(=O)O)cc3[C@H]3[C@@H]4CC[C@@H](C4)[C@@H]32)c1. The quantitative estimate of drug-likeness (QED) is 0.844. The fourth-order valence-corrected chi connectivity index (χ4v) is 5.78. The topological polar surface area (TPSA) is 58.6 Å². The number of methoxy groups -OCH3 is 1. The highest BCUT2D eigenvalue weighted by molar-refractivity contribution is 5.88. The van der Waals surface area contributed by atoms with Gasteiger partial charge in [0.1, 0.15) is 5.75 Å². The van der Waals surface area contributed by atoms with Crippen LogP contribution in [0.2, 0.25) is 0 Å². The number of nitrogens with one attached hydrogen (secondary N) is 1. The number of carboxylic acid groups (broad SMARTS) is 1. The van der Waals surface area contributed by atoms with Crippen LogP contribution in [-0.4, -0.2) is 18.2 Å². The van der Waals surface area contributed by atoms with Gasteiger partial charge in [-0.3, -0.25) is 0 Å². The van der Waals surface area contributed by atoms with Gasteiger partial charge in [-0.25, -0.2) is 4.79 Å². The lowest BCUT2D eigenvalue weighted by atomic mass is 9.68. The highest BCUT2D eigenvalue weighted by Crippen LogP contribution is 2.63. The maximum absolute atomic E-state index is 11.5. The van der Waals surface area contributed by atoms with Gasteiger partial charge < -0.3 is 15.2 Å². The number of hydrogen-bond donors (Lipinski definition) is 2. The number of ether oxygens (including phenoxy) is 1. The number of anilines is 1. The molecule has 4 nitrogen and oxygen atoms in total. The van der Waals surface area contributed by atoms with Gasteiger partial charge in [0.05, 0.1) is 18.7 Å². The van der Waals surface area contributed by atoms with E-state index in [0.717, 1.165) is 17.4 Å². The molecular weight excluding hydrogens is 326 g/mol. The van der Waals surface area contributed by atoms with Crippen LogP contribution in [0, 0.1) is 17.8 Å². The third-order valence-electron chi connectivity index (χ3n) is 6.79. The summed E-state index contributed by atoms with van der Waals surface area (Å²) in [5, 5.41) is 13.2. The molecule has 2 saturated carbocycles. The van der Waals surface area contributed by atoms with Gasteiger partial charge >= 0.3 is 5.97 Å².